The lowest BCUT2D eigenvalue weighted by Crippen LogP contribution is -1.94. The first-order valence-corrected chi connectivity index (χ1v) is 2.67. The highest BCUT2D eigenvalue weighted by Gasteiger charge is 1.80. The molecule has 0 heterocycles. The molecule has 0 saturated heterocycles. The summed E-state index contributed by atoms with van der Waals surface area (Å²) >= 11 is 0. The van der Waals surface area contributed by atoms with Gasteiger partial charge in [-0.05, 0) is 5.56 Å². The van der Waals surface area contributed by atoms with Crippen LogP contribution in [0, 0.1) is 0 Å². The van der Waals surface area contributed by atoms with E-state index in [1.807, 2.05) is 30.3 Å². The van der Waals surface area contributed by atoms with Crippen molar-refractivity contribution in [2.75, 3.05) is 0 Å². The highest BCUT2D eigenvalue weighted by Crippen LogP contribution is 1.94. The zero-order valence-corrected chi connectivity index (χ0v) is 4.67. The minimum atomic E-state index is 0. The number of benzene rings is 1. The van der Waals surface area contributed by atoms with Crippen LogP contribution in [0.25, 0.3) is 0 Å². The third kappa shape index (κ3) is 1.07. The van der Waals surface area contributed by atoms with Crippen LogP contribution >= 0.6 is 0 Å². The molecule has 1 nitrogen and oxygen atoms in total. The van der Waals surface area contributed by atoms with E-state index in [0.29, 0.717) is 6.54 Å². The van der Waals surface area contributed by atoms with Gasteiger partial charge in [0.1, 0.15) is 0 Å². The summed E-state index contributed by atoms with van der Waals surface area (Å²) in [5.41, 5.74) is 6.54. The number of hydrogen-bond acceptors (Lipinski definition) is 1. The lowest BCUT2D eigenvalue weighted by Gasteiger charge is -1.90. The van der Waals surface area contributed by atoms with Crippen LogP contribution in [0.15, 0.2) is 30.3 Å². The van der Waals surface area contributed by atoms with Gasteiger partial charge in [-0.15, -0.1) is 0 Å². The predicted molar refractivity (Wildman–Crippen MR) is 36.6 cm³/mol. The molecule has 42 valence electrons. The fourth-order valence-electron chi connectivity index (χ4n) is 0.614. The molecule has 0 aliphatic carbocycles. The maximum atomic E-state index is 5.35. The van der Waals surface area contributed by atoms with Crippen LogP contribution in [0.5, 0.6) is 0 Å². The Kier molecular flexibility index (Phi) is 1.65. The minimum absolute atomic E-state index is 0. The third-order valence-corrected chi connectivity index (χ3v) is 1.08. The fourth-order valence-corrected chi connectivity index (χ4v) is 0.614. The smallest absolute Gasteiger partial charge is 0.326 e. The molecule has 1 rings (SSSR count). The minimum Gasteiger partial charge on any atom is -0.326 e. The van der Waals surface area contributed by atoms with Gasteiger partial charge in [-0.25, -0.2) is 0 Å². The van der Waals surface area contributed by atoms with Gasteiger partial charge in [0, 0.05) is 6.54 Å². The molecule has 1 aromatic rings. The standard InChI is InChI=1S/C7H9N/c8-6-7-4-2-1-3-5-7/h1-5H,6,8H2/p+2. The molecule has 1 heteroatoms. The van der Waals surface area contributed by atoms with Crippen molar-refractivity contribution in [1.29, 1.82) is 0 Å². The van der Waals surface area contributed by atoms with Crippen molar-refractivity contribution in [3.63, 3.8) is 0 Å². The first kappa shape index (κ1) is 5.32. The van der Waals surface area contributed by atoms with Gasteiger partial charge in [-0.3, -0.25) is 0 Å². The van der Waals surface area contributed by atoms with Gasteiger partial charge in [0.05, 0.1) is 0 Å². The van der Waals surface area contributed by atoms with Gasteiger partial charge in [0.15, 0.2) is 0 Å². The van der Waals surface area contributed by atoms with Crippen molar-refractivity contribution in [1.82, 2.24) is 0 Å². The van der Waals surface area contributed by atoms with Crippen LogP contribution in [-0.2, 0) is 6.54 Å². The summed E-state index contributed by atoms with van der Waals surface area (Å²) in [6.45, 7) is 0.640. The van der Waals surface area contributed by atoms with Crippen LogP contribution in [0.1, 0.15) is 8.42 Å². The van der Waals surface area contributed by atoms with Crippen LogP contribution < -0.4 is 5.73 Å². The quantitative estimate of drug-likeness (QED) is 0.579. The lowest BCUT2D eigenvalue weighted by molar-refractivity contribution is 1.07. The molecular weight excluding hydrogens is 98.1 g/mol. The second kappa shape index (κ2) is 2.48. The Hall–Kier alpha value is -0.820. The Morgan fingerprint density at radius 2 is 1.88 bits per heavy atom. The largest absolute Gasteiger partial charge is 1.00 e. The zero-order valence-electron chi connectivity index (χ0n) is 6.67. The molecule has 8 heavy (non-hydrogen) atoms. The van der Waals surface area contributed by atoms with Gasteiger partial charge < -0.3 is 5.73 Å². The van der Waals surface area contributed by atoms with E-state index in [4.69, 9.17) is 5.73 Å². The first-order valence-electron chi connectivity index (χ1n) is 2.67. The number of hydrogen-bond donors (Lipinski definition) is 1. The van der Waals surface area contributed by atoms with E-state index in [9.17, 15) is 0 Å². The Morgan fingerprint density at radius 3 is 2.25 bits per heavy atom. The molecule has 0 aliphatic heterocycles. The molecule has 0 atom stereocenters. The third-order valence-electron chi connectivity index (χ3n) is 1.08. The monoisotopic (exact) mass is 109 g/mol. The van der Waals surface area contributed by atoms with E-state index in [1.54, 1.807) is 0 Å². The van der Waals surface area contributed by atoms with Gasteiger partial charge in [-0.1, -0.05) is 30.3 Å². The van der Waals surface area contributed by atoms with E-state index >= 15 is 0 Å². The highest BCUT2D eigenvalue weighted by molar-refractivity contribution is 5.13. The molecule has 2 N–H and O–H groups in total. The Labute approximate surface area is 52.1 Å². The SMILES string of the molecule is NCc1ccccc1.[H+].[H+]. The first-order chi connectivity index (χ1) is 3.93. The summed E-state index contributed by atoms with van der Waals surface area (Å²) in [6.07, 6.45) is 0. The molecule has 0 aliphatic rings. The summed E-state index contributed by atoms with van der Waals surface area (Å²) in [5.74, 6) is 0. The normalized spacial score (nSPS) is 9.12. The van der Waals surface area contributed by atoms with Crippen molar-refractivity contribution in [2.45, 2.75) is 6.54 Å². The van der Waals surface area contributed by atoms with Gasteiger partial charge >= 0.3 is 2.85 Å². The Morgan fingerprint density at radius 1 is 1.25 bits per heavy atom. The van der Waals surface area contributed by atoms with E-state index in [-0.39, 0.29) is 2.85 Å². The van der Waals surface area contributed by atoms with E-state index < -0.39 is 0 Å². The summed E-state index contributed by atoms with van der Waals surface area (Å²) in [5, 5.41) is 0. The summed E-state index contributed by atoms with van der Waals surface area (Å²) in [4.78, 5) is 0. The molecule has 1 aromatic carbocycles. The molecule has 0 amide bonds. The topological polar surface area (TPSA) is 26.0 Å². The Balaban J connectivity index is 0. The van der Waals surface area contributed by atoms with Crippen molar-refractivity contribution in [3.05, 3.63) is 35.9 Å². The maximum absolute atomic E-state index is 5.35. The van der Waals surface area contributed by atoms with E-state index in [0.717, 1.165) is 0 Å². The molecule has 0 spiro atoms. The predicted octanol–water partition coefficient (Wildman–Crippen LogP) is 1.37. The second-order valence-corrected chi connectivity index (χ2v) is 1.69. The highest BCUT2D eigenvalue weighted by atomic mass is 14.5. The maximum Gasteiger partial charge on any atom is 1.00 e. The van der Waals surface area contributed by atoms with Crippen molar-refractivity contribution >= 4 is 0 Å². The number of rotatable bonds is 1. The summed E-state index contributed by atoms with van der Waals surface area (Å²) < 4.78 is 0. The van der Waals surface area contributed by atoms with E-state index in [2.05, 4.69) is 0 Å². The summed E-state index contributed by atoms with van der Waals surface area (Å²) in [6, 6.07) is 9.99. The summed E-state index contributed by atoms with van der Waals surface area (Å²) in [7, 11) is 0. The number of nitrogens with two attached hydrogens (primary N) is 1. The van der Waals surface area contributed by atoms with Crippen LogP contribution in [0.2, 0.25) is 0 Å². The van der Waals surface area contributed by atoms with Gasteiger partial charge in [0.2, 0.25) is 0 Å². The van der Waals surface area contributed by atoms with Crippen LogP contribution in [0.3, 0.4) is 0 Å². The van der Waals surface area contributed by atoms with Crippen LogP contribution in [0.4, 0.5) is 0 Å². The fraction of sp³-hybridized carbons (Fsp3) is 0.143. The van der Waals surface area contributed by atoms with Crippen LogP contribution in [-0.4, -0.2) is 0 Å². The second-order valence-electron chi connectivity index (χ2n) is 1.69. The van der Waals surface area contributed by atoms with Crippen molar-refractivity contribution < 1.29 is 2.85 Å². The van der Waals surface area contributed by atoms with Gasteiger partial charge in [0.25, 0.3) is 0 Å². The van der Waals surface area contributed by atoms with E-state index in [1.165, 1.54) is 5.56 Å². The average Bonchev–Trinajstić information content (AvgIpc) is 1.90. The Bertz CT molecular complexity index is 153. The molecule has 0 aromatic heterocycles. The van der Waals surface area contributed by atoms with Crippen molar-refractivity contribution in [3.8, 4) is 0 Å². The van der Waals surface area contributed by atoms with Gasteiger partial charge in [-0.2, -0.15) is 0 Å². The molecular formula is C7H11N+2. The average molecular weight is 109 g/mol. The lowest BCUT2D eigenvalue weighted by atomic mass is 10.2. The zero-order chi connectivity index (χ0) is 5.82. The van der Waals surface area contributed by atoms with Crippen molar-refractivity contribution in [2.24, 2.45) is 5.73 Å². The molecule has 0 bridgehead atoms. The molecule has 0 saturated carbocycles. The molecule has 0 fully saturated rings. The molecule has 0 unspecified atom stereocenters. The molecule has 0 radical (unpaired) electrons.